The number of anilines is 1. The summed E-state index contributed by atoms with van der Waals surface area (Å²) < 4.78 is 28.6. The number of hydrogen-bond acceptors (Lipinski definition) is 3. The number of benzene rings is 2. The number of halogens is 2. The van der Waals surface area contributed by atoms with E-state index in [4.69, 9.17) is 23.7 Å². The van der Waals surface area contributed by atoms with Crippen LogP contribution in [0.5, 0.6) is 0 Å². The molecule has 3 rings (SSSR count). The van der Waals surface area contributed by atoms with E-state index in [1.54, 1.807) is 28.8 Å². The predicted molar refractivity (Wildman–Crippen MR) is 86.3 cm³/mol. The van der Waals surface area contributed by atoms with Gasteiger partial charge in [0, 0.05) is 23.4 Å². The number of nitrogens with zero attached hydrogens (tertiary/aromatic N) is 2. The predicted octanol–water partition coefficient (Wildman–Crippen LogP) is 2.85. The highest BCUT2D eigenvalue weighted by atomic mass is 32.1. The third-order valence-electron chi connectivity index (χ3n) is 3.25. The first-order chi connectivity index (χ1) is 10.5. The van der Waals surface area contributed by atoms with E-state index >= 15 is 0 Å². The molecule has 0 spiro atoms. The fourth-order valence-corrected chi connectivity index (χ4v) is 2.46. The number of nitrogens with two attached hydrogens (primary N) is 2. The average Bonchev–Trinajstić information content (AvgIpc) is 2.77. The van der Waals surface area contributed by atoms with E-state index in [1.165, 1.54) is 0 Å². The molecule has 0 fully saturated rings. The zero-order valence-electron chi connectivity index (χ0n) is 11.4. The van der Waals surface area contributed by atoms with Crippen molar-refractivity contribution in [2.24, 2.45) is 5.73 Å². The van der Waals surface area contributed by atoms with Crippen molar-refractivity contribution in [2.45, 2.75) is 6.54 Å². The van der Waals surface area contributed by atoms with Crippen LogP contribution in [0.4, 0.5) is 14.5 Å². The van der Waals surface area contributed by atoms with Gasteiger partial charge in [0.05, 0.1) is 22.6 Å². The summed E-state index contributed by atoms with van der Waals surface area (Å²) >= 11 is 4.94. The normalized spacial score (nSPS) is 11.0. The second-order valence-electron chi connectivity index (χ2n) is 4.87. The molecule has 1 heterocycles. The maximum Gasteiger partial charge on any atom is 0.161 e. The van der Waals surface area contributed by atoms with Gasteiger partial charge in [0.1, 0.15) is 5.82 Å². The third-order valence-corrected chi connectivity index (χ3v) is 3.38. The van der Waals surface area contributed by atoms with E-state index in [2.05, 4.69) is 4.98 Å². The Morgan fingerprint density at radius 3 is 2.59 bits per heavy atom. The molecule has 1 aromatic heterocycles. The van der Waals surface area contributed by atoms with Crippen LogP contribution in [0.25, 0.3) is 22.4 Å². The Morgan fingerprint density at radius 2 is 1.91 bits per heavy atom. The molecule has 0 atom stereocenters. The zero-order chi connectivity index (χ0) is 15.9. The molecule has 4 nitrogen and oxygen atoms in total. The summed E-state index contributed by atoms with van der Waals surface area (Å²) in [5, 5.41) is 0. The monoisotopic (exact) mass is 318 g/mol. The number of fused-ring (bicyclic) bond motifs is 1. The van der Waals surface area contributed by atoms with Crippen LogP contribution >= 0.6 is 12.2 Å². The van der Waals surface area contributed by atoms with Gasteiger partial charge in [0.15, 0.2) is 11.6 Å². The van der Waals surface area contributed by atoms with Gasteiger partial charge < -0.3 is 16.0 Å². The molecule has 0 aliphatic carbocycles. The van der Waals surface area contributed by atoms with Crippen LogP contribution in [-0.2, 0) is 6.54 Å². The summed E-state index contributed by atoms with van der Waals surface area (Å²) in [6.07, 6.45) is 0. The molecular formula is C15H12F2N4S. The molecule has 7 heteroatoms. The van der Waals surface area contributed by atoms with Crippen molar-refractivity contribution >= 4 is 33.9 Å². The molecule has 0 saturated heterocycles. The molecule has 0 amide bonds. The lowest BCUT2D eigenvalue weighted by Gasteiger charge is -2.08. The summed E-state index contributed by atoms with van der Waals surface area (Å²) in [5.74, 6) is -1.40. The molecule has 0 radical (unpaired) electrons. The van der Waals surface area contributed by atoms with Crippen molar-refractivity contribution in [3.05, 3.63) is 48.0 Å². The zero-order valence-corrected chi connectivity index (χ0v) is 12.2. The molecule has 0 unspecified atom stereocenters. The fourth-order valence-electron chi connectivity index (χ4n) is 2.33. The van der Waals surface area contributed by atoms with E-state index in [1.807, 2.05) is 0 Å². The van der Waals surface area contributed by atoms with Gasteiger partial charge in [0.25, 0.3) is 0 Å². The van der Waals surface area contributed by atoms with Gasteiger partial charge in [-0.15, -0.1) is 0 Å². The van der Waals surface area contributed by atoms with Crippen LogP contribution in [0.2, 0.25) is 0 Å². The highest BCUT2D eigenvalue weighted by Gasteiger charge is 2.16. The summed E-state index contributed by atoms with van der Waals surface area (Å²) in [4.78, 5) is 4.58. The lowest BCUT2D eigenvalue weighted by molar-refractivity contribution is 0.510. The number of hydrogen-bond donors (Lipinski definition) is 2. The van der Waals surface area contributed by atoms with Gasteiger partial charge in [-0.25, -0.2) is 13.8 Å². The molecule has 0 aliphatic heterocycles. The first kappa shape index (κ1) is 14.4. The van der Waals surface area contributed by atoms with Crippen molar-refractivity contribution in [1.82, 2.24) is 9.55 Å². The maximum absolute atomic E-state index is 13.5. The van der Waals surface area contributed by atoms with Crippen LogP contribution in [0.15, 0.2) is 36.4 Å². The minimum absolute atomic E-state index is 0.168. The molecule has 3 aromatic rings. The maximum atomic E-state index is 13.5. The molecule has 0 bridgehead atoms. The van der Waals surface area contributed by atoms with Crippen LogP contribution in [0.3, 0.4) is 0 Å². The third kappa shape index (κ3) is 2.50. The highest BCUT2D eigenvalue weighted by molar-refractivity contribution is 7.80. The molecule has 112 valence electrons. The fraction of sp³-hybridized carbons (Fsp3) is 0.0667. The van der Waals surface area contributed by atoms with Gasteiger partial charge >= 0.3 is 0 Å². The van der Waals surface area contributed by atoms with E-state index in [0.29, 0.717) is 28.1 Å². The number of nitrogen functional groups attached to an aromatic ring is 1. The minimum Gasteiger partial charge on any atom is -0.399 e. The van der Waals surface area contributed by atoms with Gasteiger partial charge in [-0.1, -0.05) is 24.4 Å². The Labute approximate surface area is 130 Å². The van der Waals surface area contributed by atoms with E-state index in [9.17, 15) is 8.78 Å². The van der Waals surface area contributed by atoms with Crippen molar-refractivity contribution in [3.8, 4) is 11.4 Å². The van der Waals surface area contributed by atoms with Crippen LogP contribution in [-0.4, -0.2) is 14.5 Å². The van der Waals surface area contributed by atoms with Crippen molar-refractivity contribution in [3.63, 3.8) is 0 Å². The molecule has 0 aliphatic rings. The summed E-state index contributed by atoms with van der Waals surface area (Å²) in [6.45, 7) is 0.168. The Kier molecular flexibility index (Phi) is 3.50. The minimum atomic E-state index is -0.952. The Morgan fingerprint density at radius 1 is 1.18 bits per heavy atom. The molecular weight excluding hydrogens is 306 g/mol. The second kappa shape index (κ2) is 5.34. The molecule has 22 heavy (non-hydrogen) atoms. The Bertz CT molecular complexity index is 889. The molecule has 2 aromatic carbocycles. The van der Waals surface area contributed by atoms with E-state index < -0.39 is 11.6 Å². The molecule has 0 saturated carbocycles. The number of imidazole rings is 1. The van der Waals surface area contributed by atoms with Crippen LogP contribution in [0.1, 0.15) is 0 Å². The standard InChI is InChI=1S/C15H12F2N4S/c16-10-5-12-13(6-11(10)17)21(7-14(19)22)15(20-12)8-2-1-3-9(18)4-8/h1-6H,7,18H2,(H2,19,22). The Hall–Kier alpha value is -2.54. The van der Waals surface area contributed by atoms with Crippen LogP contribution in [0, 0.1) is 11.6 Å². The van der Waals surface area contributed by atoms with Gasteiger partial charge in [0.2, 0.25) is 0 Å². The smallest absolute Gasteiger partial charge is 0.161 e. The summed E-state index contributed by atoms with van der Waals surface area (Å²) in [5.41, 5.74) is 13.4. The van der Waals surface area contributed by atoms with E-state index in [0.717, 1.165) is 12.1 Å². The largest absolute Gasteiger partial charge is 0.399 e. The highest BCUT2D eigenvalue weighted by Crippen LogP contribution is 2.27. The lowest BCUT2D eigenvalue weighted by atomic mass is 10.2. The van der Waals surface area contributed by atoms with Crippen molar-refractivity contribution in [2.75, 3.05) is 5.73 Å². The number of thiocarbonyl (C=S) groups is 1. The van der Waals surface area contributed by atoms with Gasteiger partial charge in [-0.05, 0) is 12.1 Å². The summed E-state index contributed by atoms with van der Waals surface area (Å²) in [7, 11) is 0. The summed E-state index contributed by atoms with van der Waals surface area (Å²) in [6, 6.07) is 9.19. The van der Waals surface area contributed by atoms with Crippen LogP contribution < -0.4 is 11.5 Å². The van der Waals surface area contributed by atoms with Gasteiger partial charge in [-0.3, -0.25) is 0 Å². The number of rotatable bonds is 3. The van der Waals surface area contributed by atoms with Crippen molar-refractivity contribution < 1.29 is 8.78 Å². The lowest BCUT2D eigenvalue weighted by Crippen LogP contribution is -2.17. The SMILES string of the molecule is NC(=S)Cn1c(-c2cccc(N)c2)nc2cc(F)c(F)cc21. The van der Waals surface area contributed by atoms with Crippen molar-refractivity contribution in [1.29, 1.82) is 0 Å². The molecule has 4 N–H and O–H groups in total. The second-order valence-corrected chi connectivity index (χ2v) is 5.39. The number of aromatic nitrogens is 2. The first-order valence-electron chi connectivity index (χ1n) is 6.45. The van der Waals surface area contributed by atoms with Gasteiger partial charge in [-0.2, -0.15) is 0 Å². The Balaban J connectivity index is 2.30. The first-order valence-corrected chi connectivity index (χ1v) is 6.86. The quantitative estimate of drug-likeness (QED) is 0.575. The van der Waals surface area contributed by atoms with E-state index in [-0.39, 0.29) is 11.5 Å². The average molecular weight is 318 g/mol. The topological polar surface area (TPSA) is 69.9 Å².